The van der Waals surface area contributed by atoms with Gasteiger partial charge >= 0.3 is 5.97 Å². The third-order valence-electron chi connectivity index (χ3n) is 4.43. The Balaban J connectivity index is 1.55. The number of aryl methyl sites for hydroxylation is 1. The molecule has 3 rings (SSSR count). The van der Waals surface area contributed by atoms with Crippen molar-refractivity contribution in [3.8, 4) is 11.8 Å². The summed E-state index contributed by atoms with van der Waals surface area (Å²) in [6, 6.07) is 8.79. The molecule has 0 unspecified atom stereocenters. The molecule has 0 saturated heterocycles. The molecule has 0 spiro atoms. The number of amides is 1. The Labute approximate surface area is 168 Å². The van der Waals surface area contributed by atoms with Crippen LogP contribution in [0.5, 0.6) is 5.75 Å². The molecule has 7 heteroatoms. The number of ether oxygens (including phenoxy) is 2. The van der Waals surface area contributed by atoms with Crippen LogP contribution in [0.1, 0.15) is 52.5 Å². The molecule has 28 heavy (non-hydrogen) atoms. The van der Waals surface area contributed by atoms with Crippen LogP contribution in [0.15, 0.2) is 24.3 Å². The first-order chi connectivity index (χ1) is 13.6. The second-order valence-electron chi connectivity index (χ2n) is 6.52. The van der Waals surface area contributed by atoms with Crippen LogP contribution in [0, 0.1) is 11.3 Å². The minimum absolute atomic E-state index is 0.348. The van der Waals surface area contributed by atoms with E-state index in [0.717, 1.165) is 37.7 Å². The summed E-state index contributed by atoms with van der Waals surface area (Å²) in [6.45, 7) is 2.23. The molecule has 0 radical (unpaired) electrons. The van der Waals surface area contributed by atoms with Crippen LogP contribution < -0.4 is 10.1 Å². The summed E-state index contributed by atoms with van der Waals surface area (Å²) in [4.78, 5) is 25.5. The van der Waals surface area contributed by atoms with Gasteiger partial charge in [0.05, 0.1) is 17.7 Å². The number of carbonyl (C=O) groups excluding carboxylic acids is 2. The summed E-state index contributed by atoms with van der Waals surface area (Å²) in [5, 5.41) is 12.7. The van der Waals surface area contributed by atoms with Crippen LogP contribution in [0.4, 0.5) is 5.00 Å². The summed E-state index contributed by atoms with van der Waals surface area (Å²) < 4.78 is 10.6. The minimum Gasteiger partial charge on any atom is -0.494 e. The van der Waals surface area contributed by atoms with Crippen molar-refractivity contribution in [1.82, 2.24) is 0 Å². The fourth-order valence-electron chi connectivity index (χ4n) is 3.06. The van der Waals surface area contributed by atoms with Gasteiger partial charge in [-0.3, -0.25) is 4.79 Å². The SMILES string of the molecule is CCCOc1ccc(C(=O)OCC(=O)Nc2sc3c(c2C#N)CCCC3)cc1. The van der Waals surface area contributed by atoms with Gasteiger partial charge in [0, 0.05) is 4.88 Å². The van der Waals surface area contributed by atoms with Gasteiger partial charge in [0.25, 0.3) is 5.91 Å². The third kappa shape index (κ3) is 4.70. The van der Waals surface area contributed by atoms with E-state index >= 15 is 0 Å². The normalized spacial score (nSPS) is 12.6. The molecule has 1 amide bonds. The van der Waals surface area contributed by atoms with Crippen LogP contribution >= 0.6 is 11.3 Å². The van der Waals surface area contributed by atoms with E-state index in [1.54, 1.807) is 24.3 Å². The van der Waals surface area contributed by atoms with Crippen LogP contribution in [0.3, 0.4) is 0 Å². The Hall–Kier alpha value is -2.85. The molecule has 0 atom stereocenters. The minimum atomic E-state index is -0.580. The molecule has 146 valence electrons. The smallest absolute Gasteiger partial charge is 0.338 e. The van der Waals surface area contributed by atoms with Crippen LogP contribution in [-0.4, -0.2) is 25.1 Å². The summed E-state index contributed by atoms with van der Waals surface area (Å²) in [5.41, 5.74) is 1.94. The number of hydrogen-bond donors (Lipinski definition) is 1. The number of benzene rings is 1. The molecule has 0 saturated carbocycles. The first-order valence-electron chi connectivity index (χ1n) is 9.36. The van der Waals surface area contributed by atoms with Gasteiger partial charge in [-0.05, 0) is 61.9 Å². The van der Waals surface area contributed by atoms with Crippen LogP contribution in [0.2, 0.25) is 0 Å². The van der Waals surface area contributed by atoms with E-state index in [2.05, 4.69) is 11.4 Å². The lowest BCUT2D eigenvalue weighted by molar-refractivity contribution is -0.119. The number of nitrogens with zero attached hydrogens (tertiary/aromatic N) is 1. The zero-order valence-electron chi connectivity index (χ0n) is 15.7. The molecule has 2 aromatic rings. The summed E-state index contributed by atoms with van der Waals surface area (Å²) in [7, 11) is 0. The van der Waals surface area contributed by atoms with Gasteiger partial charge < -0.3 is 14.8 Å². The van der Waals surface area contributed by atoms with E-state index in [-0.39, 0.29) is 0 Å². The van der Waals surface area contributed by atoms with E-state index in [4.69, 9.17) is 9.47 Å². The number of carbonyl (C=O) groups is 2. The monoisotopic (exact) mass is 398 g/mol. The number of rotatable bonds is 7. The maximum Gasteiger partial charge on any atom is 0.338 e. The highest BCUT2D eigenvalue weighted by atomic mass is 32.1. The van der Waals surface area contributed by atoms with Crippen molar-refractivity contribution in [1.29, 1.82) is 5.26 Å². The molecule has 0 aliphatic heterocycles. The number of esters is 1. The number of nitriles is 1. The average molecular weight is 398 g/mol. The van der Waals surface area contributed by atoms with Crippen molar-refractivity contribution in [3.05, 3.63) is 45.8 Å². The van der Waals surface area contributed by atoms with Crippen molar-refractivity contribution < 1.29 is 19.1 Å². The van der Waals surface area contributed by atoms with Gasteiger partial charge in [-0.15, -0.1) is 11.3 Å². The van der Waals surface area contributed by atoms with Gasteiger partial charge in [-0.1, -0.05) is 6.92 Å². The summed E-state index contributed by atoms with van der Waals surface area (Å²) in [6.07, 6.45) is 4.88. The molecule has 0 bridgehead atoms. The van der Waals surface area contributed by atoms with Gasteiger partial charge in [0.1, 0.15) is 16.8 Å². The Kier molecular flexibility index (Phi) is 6.66. The highest BCUT2D eigenvalue weighted by Gasteiger charge is 2.22. The van der Waals surface area contributed by atoms with Gasteiger partial charge in [-0.2, -0.15) is 5.26 Å². The zero-order valence-corrected chi connectivity index (χ0v) is 16.6. The van der Waals surface area contributed by atoms with Crippen molar-refractivity contribution in [2.45, 2.75) is 39.0 Å². The van der Waals surface area contributed by atoms with Gasteiger partial charge in [0.15, 0.2) is 6.61 Å². The lowest BCUT2D eigenvalue weighted by atomic mass is 9.96. The highest BCUT2D eigenvalue weighted by molar-refractivity contribution is 7.16. The van der Waals surface area contributed by atoms with E-state index in [1.165, 1.54) is 16.2 Å². The van der Waals surface area contributed by atoms with Crippen molar-refractivity contribution in [2.24, 2.45) is 0 Å². The molecule has 1 heterocycles. The Morgan fingerprint density at radius 3 is 2.68 bits per heavy atom. The second kappa shape index (κ2) is 9.38. The standard InChI is InChI=1S/C21H22N2O4S/c1-2-11-26-15-9-7-14(8-10-15)21(25)27-13-19(24)23-20-17(12-22)16-5-3-4-6-18(16)28-20/h7-10H,2-6,11,13H2,1H3,(H,23,24). The zero-order chi connectivity index (χ0) is 19.9. The number of nitrogens with one attached hydrogen (secondary N) is 1. The molecule has 1 aliphatic carbocycles. The first-order valence-corrected chi connectivity index (χ1v) is 10.2. The van der Waals surface area contributed by atoms with E-state index < -0.39 is 18.5 Å². The largest absolute Gasteiger partial charge is 0.494 e. The fraction of sp³-hybridized carbons (Fsp3) is 0.381. The number of thiophene rings is 1. The van der Waals surface area contributed by atoms with Crippen molar-refractivity contribution in [3.63, 3.8) is 0 Å². The second-order valence-corrected chi connectivity index (χ2v) is 7.63. The molecule has 6 nitrogen and oxygen atoms in total. The summed E-state index contributed by atoms with van der Waals surface area (Å²) >= 11 is 1.44. The highest BCUT2D eigenvalue weighted by Crippen LogP contribution is 2.37. The number of fused-ring (bicyclic) bond motifs is 1. The molecule has 1 N–H and O–H groups in total. The molecule has 0 fully saturated rings. The van der Waals surface area contributed by atoms with Gasteiger partial charge in [0.2, 0.25) is 0 Å². The fourth-order valence-corrected chi connectivity index (χ4v) is 4.31. The van der Waals surface area contributed by atoms with E-state index in [1.807, 2.05) is 6.92 Å². The topological polar surface area (TPSA) is 88.4 Å². The summed E-state index contributed by atoms with van der Waals surface area (Å²) in [5.74, 6) is -0.351. The maximum atomic E-state index is 12.2. The van der Waals surface area contributed by atoms with Gasteiger partial charge in [-0.25, -0.2) is 4.79 Å². The third-order valence-corrected chi connectivity index (χ3v) is 5.64. The molecule has 1 aromatic heterocycles. The maximum absolute atomic E-state index is 12.2. The lowest BCUT2D eigenvalue weighted by Crippen LogP contribution is -2.20. The quantitative estimate of drug-likeness (QED) is 0.710. The number of anilines is 1. The molecular formula is C21H22N2O4S. The average Bonchev–Trinajstić information content (AvgIpc) is 3.07. The van der Waals surface area contributed by atoms with E-state index in [0.29, 0.717) is 28.5 Å². The Morgan fingerprint density at radius 2 is 1.96 bits per heavy atom. The predicted molar refractivity (Wildman–Crippen MR) is 107 cm³/mol. The van der Waals surface area contributed by atoms with Crippen molar-refractivity contribution >= 4 is 28.2 Å². The van der Waals surface area contributed by atoms with E-state index in [9.17, 15) is 14.9 Å². The lowest BCUT2D eigenvalue weighted by Gasteiger charge is -2.09. The van der Waals surface area contributed by atoms with Crippen LogP contribution in [0.25, 0.3) is 0 Å². The molecule has 1 aliphatic rings. The molecule has 1 aromatic carbocycles. The number of hydrogen-bond acceptors (Lipinski definition) is 6. The predicted octanol–water partition coefficient (Wildman–Crippen LogP) is 4.08. The van der Waals surface area contributed by atoms with Crippen molar-refractivity contribution in [2.75, 3.05) is 18.5 Å². The Bertz CT molecular complexity index is 896. The molecular weight excluding hydrogens is 376 g/mol. The Morgan fingerprint density at radius 1 is 1.21 bits per heavy atom. The first kappa shape index (κ1) is 19.9. The van der Waals surface area contributed by atoms with Crippen LogP contribution in [-0.2, 0) is 22.4 Å².